The summed E-state index contributed by atoms with van der Waals surface area (Å²) in [6, 6.07) is 13.4. The van der Waals surface area contributed by atoms with Crippen LogP contribution in [0, 0.1) is 0 Å². The number of carbonyl (C=O) groups is 1. The zero-order chi connectivity index (χ0) is 17.5. The Morgan fingerprint density at radius 1 is 1.16 bits per heavy atom. The molecule has 0 unspecified atom stereocenters. The molecule has 0 radical (unpaired) electrons. The maximum atomic E-state index is 12.1. The number of nitrogens with zero attached hydrogens (tertiary/aromatic N) is 2. The molecule has 0 saturated carbocycles. The number of nitrogens with one attached hydrogen (secondary N) is 1. The zero-order valence-electron chi connectivity index (χ0n) is 13.9. The first-order valence-corrected chi connectivity index (χ1v) is 8.97. The summed E-state index contributed by atoms with van der Waals surface area (Å²) < 4.78 is 5.65. The third-order valence-electron chi connectivity index (χ3n) is 3.50. The minimum absolute atomic E-state index is 0.0689. The van der Waals surface area contributed by atoms with E-state index in [0.717, 1.165) is 27.7 Å². The van der Waals surface area contributed by atoms with Crippen LogP contribution in [0.4, 0.5) is 0 Å². The number of amides is 1. The standard InChI is InChI=1S/C19H19N3O2S/c1-2-24-17-9-4-3-8-16(17)19-22-15(13-25-19)11-18(23)21-12-14-7-5-6-10-20-14/h3-10,13H,2,11-12H2,1H3,(H,21,23). The first-order valence-electron chi connectivity index (χ1n) is 8.09. The van der Waals surface area contributed by atoms with E-state index in [2.05, 4.69) is 15.3 Å². The lowest BCUT2D eigenvalue weighted by Gasteiger charge is -2.07. The number of hydrogen-bond donors (Lipinski definition) is 1. The third-order valence-corrected chi connectivity index (χ3v) is 4.43. The van der Waals surface area contributed by atoms with Crippen LogP contribution in [0.3, 0.4) is 0 Å². The molecule has 0 aliphatic heterocycles. The van der Waals surface area contributed by atoms with Crippen molar-refractivity contribution in [1.29, 1.82) is 0 Å². The fourth-order valence-corrected chi connectivity index (χ4v) is 3.20. The van der Waals surface area contributed by atoms with Crippen LogP contribution in [-0.4, -0.2) is 22.5 Å². The highest BCUT2D eigenvalue weighted by atomic mass is 32.1. The van der Waals surface area contributed by atoms with E-state index < -0.39 is 0 Å². The molecule has 0 aliphatic rings. The van der Waals surface area contributed by atoms with E-state index in [0.29, 0.717) is 13.2 Å². The topological polar surface area (TPSA) is 64.1 Å². The van der Waals surface area contributed by atoms with Crippen molar-refractivity contribution >= 4 is 17.2 Å². The lowest BCUT2D eigenvalue weighted by atomic mass is 10.2. The average Bonchev–Trinajstić information content (AvgIpc) is 3.10. The van der Waals surface area contributed by atoms with Crippen molar-refractivity contribution in [3.05, 3.63) is 65.4 Å². The average molecular weight is 353 g/mol. The molecule has 2 heterocycles. The predicted molar refractivity (Wildman–Crippen MR) is 98.5 cm³/mol. The van der Waals surface area contributed by atoms with Crippen LogP contribution in [0.2, 0.25) is 0 Å². The number of rotatable bonds is 7. The zero-order valence-corrected chi connectivity index (χ0v) is 14.8. The van der Waals surface area contributed by atoms with Crippen LogP contribution in [0.25, 0.3) is 10.6 Å². The Morgan fingerprint density at radius 3 is 2.80 bits per heavy atom. The van der Waals surface area contributed by atoms with Crippen molar-refractivity contribution in [3.8, 4) is 16.3 Å². The van der Waals surface area contributed by atoms with Gasteiger partial charge in [0, 0.05) is 11.6 Å². The normalized spacial score (nSPS) is 10.4. The minimum atomic E-state index is -0.0689. The fraction of sp³-hybridized carbons (Fsp3) is 0.211. The third kappa shape index (κ3) is 4.64. The van der Waals surface area contributed by atoms with E-state index in [1.54, 1.807) is 6.20 Å². The Morgan fingerprint density at radius 2 is 2.00 bits per heavy atom. The molecule has 25 heavy (non-hydrogen) atoms. The highest BCUT2D eigenvalue weighted by Gasteiger charge is 2.12. The number of para-hydroxylation sites is 1. The van der Waals surface area contributed by atoms with Crippen molar-refractivity contribution in [2.75, 3.05) is 6.61 Å². The lowest BCUT2D eigenvalue weighted by Crippen LogP contribution is -2.25. The van der Waals surface area contributed by atoms with Gasteiger partial charge in [-0.05, 0) is 31.2 Å². The van der Waals surface area contributed by atoms with Gasteiger partial charge in [-0.25, -0.2) is 4.98 Å². The van der Waals surface area contributed by atoms with Gasteiger partial charge in [-0.1, -0.05) is 18.2 Å². The second kappa shape index (κ2) is 8.39. The van der Waals surface area contributed by atoms with Gasteiger partial charge in [-0.3, -0.25) is 9.78 Å². The van der Waals surface area contributed by atoms with E-state index in [1.807, 2.05) is 54.8 Å². The molecule has 3 aromatic rings. The molecule has 2 aromatic heterocycles. The molecule has 1 N–H and O–H groups in total. The van der Waals surface area contributed by atoms with Crippen molar-refractivity contribution in [2.24, 2.45) is 0 Å². The molecule has 0 saturated heterocycles. The van der Waals surface area contributed by atoms with Crippen molar-refractivity contribution in [3.63, 3.8) is 0 Å². The number of carbonyl (C=O) groups excluding carboxylic acids is 1. The smallest absolute Gasteiger partial charge is 0.226 e. The van der Waals surface area contributed by atoms with E-state index in [-0.39, 0.29) is 12.3 Å². The van der Waals surface area contributed by atoms with Crippen molar-refractivity contribution in [2.45, 2.75) is 19.9 Å². The van der Waals surface area contributed by atoms with Gasteiger partial charge in [-0.15, -0.1) is 11.3 Å². The molecular weight excluding hydrogens is 334 g/mol. The van der Waals surface area contributed by atoms with Gasteiger partial charge < -0.3 is 10.1 Å². The summed E-state index contributed by atoms with van der Waals surface area (Å²) in [5.74, 6) is 0.742. The van der Waals surface area contributed by atoms with Crippen LogP contribution < -0.4 is 10.1 Å². The molecule has 3 rings (SSSR count). The summed E-state index contributed by atoms with van der Waals surface area (Å²) in [5.41, 5.74) is 2.54. The van der Waals surface area contributed by atoms with Crippen LogP contribution >= 0.6 is 11.3 Å². The highest BCUT2D eigenvalue weighted by Crippen LogP contribution is 2.32. The summed E-state index contributed by atoms with van der Waals surface area (Å²) >= 11 is 1.52. The quantitative estimate of drug-likeness (QED) is 0.706. The van der Waals surface area contributed by atoms with Gasteiger partial charge in [0.2, 0.25) is 5.91 Å². The van der Waals surface area contributed by atoms with Gasteiger partial charge >= 0.3 is 0 Å². The van der Waals surface area contributed by atoms with E-state index in [9.17, 15) is 4.79 Å². The largest absolute Gasteiger partial charge is 0.493 e. The number of thiazole rings is 1. The van der Waals surface area contributed by atoms with Crippen LogP contribution in [0.5, 0.6) is 5.75 Å². The molecule has 6 heteroatoms. The molecule has 0 bridgehead atoms. The van der Waals surface area contributed by atoms with Crippen molar-refractivity contribution < 1.29 is 9.53 Å². The van der Waals surface area contributed by atoms with Crippen LogP contribution in [0.1, 0.15) is 18.3 Å². The summed E-state index contributed by atoms with van der Waals surface area (Å²) in [7, 11) is 0. The van der Waals surface area contributed by atoms with Gasteiger partial charge in [0.25, 0.3) is 0 Å². The van der Waals surface area contributed by atoms with E-state index in [4.69, 9.17) is 4.74 Å². The van der Waals surface area contributed by atoms with Gasteiger partial charge in [0.1, 0.15) is 10.8 Å². The van der Waals surface area contributed by atoms with Crippen LogP contribution in [-0.2, 0) is 17.8 Å². The molecular formula is C19H19N3O2S. The molecule has 5 nitrogen and oxygen atoms in total. The number of hydrogen-bond acceptors (Lipinski definition) is 5. The summed E-state index contributed by atoms with van der Waals surface area (Å²) in [4.78, 5) is 20.9. The number of ether oxygens (including phenoxy) is 1. The maximum absolute atomic E-state index is 12.1. The van der Waals surface area contributed by atoms with E-state index in [1.165, 1.54) is 11.3 Å². The predicted octanol–water partition coefficient (Wildman–Crippen LogP) is 3.46. The fourth-order valence-electron chi connectivity index (χ4n) is 2.36. The molecule has 1 amide bonds. The monoisotopic (exact) mass is 353 g/mol. The molecule has 0 aliphatic carbocycles. The molecule has 0 spiro atoms. The maximum Gasteiger partial charge on any atom is 0.226 e. The lowest BCUT2D eigenvalue weighted by molar-refractivity contribution is -0.120. The van der Waals surface area contributed by atoms with Crippen LogP contribution in [0.15, 0.2) is 54.0 Å². The number of pyridine rings is 1. The first kappa shape index (κ1) is 17.1. The van der Waals surface area contributed by atoms with Gasteiger partial charge in [0.15, 0.2) is 0 Å². The SMILES string of the molecule is CCOc1ccccc1-c1nc(CC(=O)NCc2ccccn2)cs1. The molecule has 0 atom stereocenters. The summed E-state index contributed by atoms with van der Waals surface area (Å²) in [6.07, 6.45) is 1.96. The Kier molecular flexibility index (Phi) is 5.74. The summed E-state index contributed by atoms with van der Waals surface area (Å²) in [5, 5.41) is 5.64. The molecule has 0 fully saturated rings. The Hall–Kier alpha value is -2.73. The van der Waals surface area contributed by atoms with Gasteiger partial charge in [-0.2, -0.15) is 0 Å². The summed E-state index contributed by atoms with van der Waals surface area (Å²) in [6.45, 7) is 2.98. The highest BCUT2D eigenvalue weighted by molar-refractivity contribution is 7.13. The second-order valence-corrected chi connectivity index (χ2v) is 6.21. The minimum Gasteiger partial charge on any atom is -0.493 e. The van der Waals surface area contributed by atoms with E-state index >= 15 is 0 Å². The second-order valence-electron chi connectivity index (χ2n) is 5.35. The molecule has 1 aromatic carbocycles. The Bertz CT molecular complexity index is 833. The number of aromatic nitrogens is 2. The Labute approximate surface area is 150 Å². The molecule has 128 valence electrons. The van der Waals surface area contributed by atoms with Crippen molar-refractivity contribution in [1.82, 2.24) is 15.3 Å². The number of benzene rings is 1. The van der Waals surface area contributed by atoms with Gasteiger partial charge in [0.05, 0.1) is 36.5 Å². The first-order chi connectivity index (χ1) is 12.3. The Balaban J connectivity index is 1.63.